The van der Waals surface area contributed by atoms with Gasteiger partial charge in [0, 0.05) is 31.2 Å². The molecule has 1 aromatic rings. The molecule has 1 aliphatic heterocycles. The van der Waals surface area contributed by atoms with Gasteiger partial charge >= 0.3 is 0 Å². The molecular weight excluding hydrogens is 224 g/mol. The summed E-state index contributed by atoms with van der Waals surface area (Å²) in [6.45, 7) is 9.41. The molecule has 0 saturated carbocycles. The Morgan fingerprint density at radius 3 is 2.67 bits per heavy atom. The van der Waals surface area contributed by atoms with Gasteiger partial charge < -0.3 is 10.1 Å². The number of nitrogens with one attached hydrogen (secondary N) is 1. The second-order valence-electron chi connectivity index (χ2n) is 4.82. The van der Waals surface area contributed by atoms with E-state index in [2.05, 4.69) is 35.3 Å². The summed E-state index contributed by atoms with van der Waals surface area (Å²) in [6.07, 6.45) is 1.20. The summed E-state index contributed by atoms with van der Waals surface area (Å²) in [7, 11) is 0. The third kappa shape index (κ3) is 3.24. The number of hydrogen-bond acceptors (Lipinski definition) is 3. The van der Waals surface area contributed by atoms with E-state index >= 15 is 0 Å². The Bertz CT molecular complexity index is 363. The maximum Gasteiger partial charge on any atom is 0.123 e. The van der Waals surface area contributed by atoms with Gasteiger partial charge in [-0.15, -0.1) is 0 Å². The maximum atomic E-state index is 5.71. The lowest BCUT2D eigenvalue weighted by molar-refractivity contribution is 0.136. The van der Waals surface area contributed by atoms with Gasteiger partial charge in [-0.25, -0.2) is 0 Å². The van der Waals surface area contributed by atoms with E-state index in [9.17, 15) is 0 Å². The van der Waals surface area contributed by atoms with Gasteiger partial charge in [-0.1, -0.05) is 25.1 Å². The van der Waals surface area contributed by atoms with Crippen LogP contribution in [-0.2, 0) is 6.54 Å². The van der Waals surface area contributed by atoms with Crippen molar-refractivity contribution in [2.45, 2.75) is 32.9 Å². The Hall–Kier alpha value is -1.06. The van der Waals surface area contributed by atoms with Gasteiger partial charge in [-0.3, -0.25) is 4.90 Å². The van der Waals surface area contributed by atoms with Crippen LogP contribution in [0.4, 0.5) is 0 Å². The van der Waals surface area contributed by atoms with Crippen LogP contribution in [0, 0.1) is 0 Å². The molecule has 0 unspecified atom stereocenters. The third-order valence-electron chi connectivity index (χ3n) is 3.43. The van der Waals surface area contributed by atoms with Crippen LogP contribution in [0.25, 0.3) is 0 Å². The molecule has 0 spiro atoms. The molecule has 100 valence electrons. The minimum Gasteiger partial charge on any atom is -0.494 e. The van der Waals surface area contributed by atoms with Gasteiger partial charge in [0.15, 0.2) is 0 Å². The molecule has 1 aliphatic rings. The van der Waals surface area contributed by atoms with Crippen molar-refractivity contribution in [1.29, 1.82) is 0 Å². The number of benzene rings is 1. The molecule has 0 atom stereocenters. The van der Waals surface area contributed by atoms with E-state index in [1.807, 2.05) is 13.0 Å². The number of nitrogens with zero attached hydrogens (tertiary/aromatic N) is 1. The Kier molecular flexibility index (Phi) is 5.02. The predicted octanol–water partition coefficient (Wildman–Crippen LogP) is 2.27. The molecule has 1 aromatic carbocycles. The molecule has 1 heterocycles. The molecule has 0 bridgehead atoms. The molecule has 1 N–H and O–H groups in total. The molecular formula is C15H24N2O. The first-order valence-corrected chi connectivity index (χ1v) is 7.00. The zero-order chi connectivity index (χ0) is 12.8. The normalized spacial score (nSPS) is 15.7. The van der Waals surface area contributed by atoms with Gasteiger partial charge in [0.05, 0.1) is 6.61 Å². The fourth-order valence-electron chi connectivity index (χ4n) is 2.36. The van der Waals surface area contributed by atoms with Crippen molar-refractivity contribution in [1.82, 2.24) is 10.2 Å². The van der Waals surface area contributed by atoms with E-state index in [1.165, 1.54) is 12.0 Å². The number of para-hydroxylation sites is 1. The highest BCUT2D eigenvalue weighted by Gasteiger charge is 2.24. The predicted molar refractivity (Wildman–Crippen MR) is 75.0 cm³/mol. The fourth-order valence-corrected chi connectivity index (χ4v) is 2.36. The van der Waals surface area contributed by atoms with Crippen LogP contribution in [0.5, 0.6) is 5.75 Å². The highest BCUT2D eigenvalue weighted by molar-refractivity contribution is 5.33. The smallest absolute Gasteiger partial charge is 0.123 e. The lowest BCUT2D eigenvalue weighted by Gasteiger charge is -2.38. The quantitative estimate of drug-likeness (QED) is 0.801. The third-order valence-corrected chi connectivity index (χ3v) is 3.43. The summed E-state index contributed by atoms with van der Waals surface area (Å²) in [5, 5.41) is 3.35. The van der Waals surface area contributed by atoms with Crippen molar-refractivity contribution in [3.8, 4) is 5.75 Å². The van der Waals surface area contributed by atoms with Gasteiger partial charge in [-0.05, 0) is 26.0 Å². The van der Waals surface area contributed by atoms with Crippen LogP contribution in [0.3, 0.4) is 0 Å². The summed E-state index contributed by atoms with van der Waals surface area (Å²) in [6, 6.07) is 9.09. The lowest BCUT2D eigenvalue weighted by Crippen LogP contribution is -2.56. The Morgan fingerprint density at radius 2 is 2.06 bits per heavy atom. The summed E-state index contributed by atoms with van der Waals surface area (Å²) in [4.78, 5) is 2.56. The van der Waals surface area contributed by atoms with Gasteiger partial charge in [-0.2, -0.15) is 0 Å². The average molecular weight is 248 g/mol. The molecule has 3 nitrogen and oxygen atoms in total. The molecule has 18 heavy (non-hydrogen) atoms. The largest absolute Gasteiger partial charge is 0.494 e. The zero-order valence-electron chi connectivity index (χ0n) is 11.5. The van der Waals surface area contributed by atoms with Crippen LogP contribution < -0.4 is 10.1 Å². The van der Waals surface area contributed by atoms with Gasteiger partial charge in [0.1, 0.15) is 5.75 Å². The topological polar surface area (TPSA) is 24.5 Å². The maximum absolute atomic E-state index is 5.71. The molecule has 0 aliphatic carbocycles. The number of ether oxygens (including phenoxy) is 1. The first-order chi connectivity index (χ1) is 8.85. The standard InChI is InChI=1S/C15H24N2O/c1-3-9-17(14-10-16-11-14)12-13-7-5-6-8-15(13)18-4-2/h5-8,14,16H,3-4,9-12H2,1-2H3. The first-order valence-electron chi connectivity index (χ1n) is 7.00. The lowest BCUT2D eigenvalue weighted by atomic mass is 10.1. The van der Waals surface area contributed by atoms with Crippen LogP contribution in [0.1, 0.15) is 25.8 Å². The van der Waals surface area contributed by atoms with E-state index in [0.29, 0.717) is 6.04 Å². The Balaban J connectivity index is 2.04. The Labute approximate surface area is 110 Å². The summed E-state index contributed by atoms with van der Waals surface area (Å²) in [5.74, 6) is 1.04. The van der Waals surface area contributed by atoms with E-state index in [4.69, 9.17) is 4.74 Å². The zero-order valence-corrected chi connectivity index (χ0v) is 11.5. The minimum atomic E-state index is 0.694. The summed E-state index contributed by atoms with van der Waals surface area (Å²) >= 11 is 0. The van der Waals surface area contributed by atoms with Crippen molar-refractivity contribution in [3.05, 3.63) is 29.8 Å². The van der Waals surface area contributed by atoms with Crippen LogP contribution >= 0.6 is 0 Å². The van der Waals surface area contributed by atoms with Crippen molar-refractivity contribution in [2.75, 3.05) is 26.2 Å². The van der Waals surface area contributed by atoms with E-state index in [0.717, 1.165) is 38.5 Å². The average Bonchev–Trinajstić information content (AvgIpc) is 2.30. The van der Waals surface area contributed by atoms with Gasteiger partial charge in [0.2, 0.25) is 0 Å². The van der Waals surface area contributed by atoms with Crippen LogP contribution in [0.15, 0.2) is 24.3 Å². The molecule has 2 rings (SSSR count). The SMILES string of the molecule is CCCN(Cc1ccccc1OCC)C1CNC1. The highest BCUT2D eigenvalue weighted by atomic mass is 16.5. The Morgan fingerprint density at radius 1 is 1.28 bits per heavy atom. The molecule has 0 amide bonds. The number of hydrogen-bond donors (Lipinski definition) is 1. The summed E-state index contributed by atoms with van der Waals surface area (Å²) < 4.78 is 5.71. The minimum absolute atomic E-state index is 0.694. The van der Waals surface area contributed by atoms with Crippen LogP contribution in [-0.4, -0.2) is 37.2 Å². The highest BCUT2D eigenvalue weighted by Crippen LogP contribution is 2.21. The van der Waals surface area contributed by atoms with E-state index in [-0.39, 0.29) is 0 Å². The molecule has 3 heteroatoms. The van der Waals surface area contributed by atoms with Crippen molar-refractivity contribution in [2.24, 2.45) is 0 Å². The fraction of sp³-hybridized carbons (Fsp3) is 0.600. The molecule has 1 fully saturated rings. The second-order valence-corrected chi connectivity index (χ2v) is 4.82. The molecule has 1 saturated heterocycles. The van der Waals surface area contributed by atoms with Crippen molar-refractivity contribution in [3.63, 3.8) is 0 Å². The molecule has 0 radical (unpaired) electrons. The van der Waals surface area contributed by atoms with Gasteiger partial charge in [0.25, 0.3) is 0 Å². The van der Waals surface area contributed by atoms with E-state index < -0.39 is 0 Å². The second kappa shape index (κ2) is 6.76. The molecule has 0 aromatic heterocycles. The monoisotopic (exact) mass is 248 g/mol. The van der Waals surface area contributed by atoms with Crippen LogP contribution in [0.2, 0.25) is 0 Å². The van der Waals surface area contributed by atoms with E-state index in [1.54, 1.807) is 0 Å². The summed E-state index contributed by atoms with van der Waals surface area (Å²) in [5.41, 5.74) is 1.31. The van der Waals surface area contributed by atoms with Crippen molar-refractivity contribution >= 4 is 0 Å². The number of rotatable bonds is 7. The first kappa shape index (κ1) is 13.4. The van der Waals surface area contributed by atoms with Crippen molar-refractivity contribution < 1.29 is 4.74 Å².